The van der Waals surface area contributed by atoms with Crippen LogP contribution in [0.1, 0.15) is 23.2 Å². The van der Waals surface area contributed by atoms with Gasteiger partial charge >= 0.3 is 6.61 Å². The number of hydrogen-bond donors (Lipinski definition) is 0. The topological polar surface area (TPSA) is 39.2 Å². The maximum absolute atomic E-state index is 12.1. The number of halogens is 2. The van der Waals surface area contributed by atoms with E-state index >= 15 is 0 Å². The molecule has 0 bridgehead atoms. The van der Waals surface area contributed by atoms with Gasteiger partial charge < -0.3 is 4.74 Å². The van der Waals surface area contributed by atoms with Crippen LogP contribution in [-0.2, 0) is 28.7 Å². The molecule has 0 aliphatic rings. The summed E-state index contributed by atoms with van der Waals surface area (Å²) in [4.78, 5) is 4.38. The maximum Gasteiger partial charge on any atom is 0.387 e. The Morgan fingerprint density at radius 3 is 2.57 bits per heavy atom. The van der Waals surface area contributed by atoms with Crippen LogP contribution in [0.4, 0.5) is 8.78 Å². The highest BCUT2D eigenvalue weighted by Crippen LogP contribution is 2.17. The van der Waals surface area contributed by atoms with Crippen molar-refractivity contribution in [3.05, 3.63) is 45.9 Å². The first-order valence-corrected chi connectivity index (χ1v) is 8.75. The van der Waals surface area contributed by atoms with Crippen LogP contribution in [0.5, 0.6) is 5.75 Å². The molecule has 0 saturated heterocycles. The molecule has 0 saturated carbocycles. The highest BCUT2D eigenvalue weighted by atomic mass is 32.2. The molecule has 0 amide bonds. The van der Waals surface area contributed by atoms with Crippen molar-refractivity contribution in [2.75, 3.05) is 0 Å². The number of ether oxygens (including phenoxy) is 1. The number of nitrogens with zero attached hydrogens (tertiary/aromatic N) is 1. The maximum atomic E-state index is 12.1. The van der Waals surface area contributed by atoms with Crippen molar-refractivity contribution in [2.45, 2.75) is 31.5 Å². The third-order valence-corrected chi connectivity index (χ3v) is 5.00. The molecule has 0 spiro atoms. The summed E-state index contributed by atoms with van der Waals surface area (Å²) >= 11 is 1.57. The molecular weight excluding hydrogens is 316 g/mol. The second-order valence-electron chi connectivity index (χ2n) is 4.34. The lowest BCUT2D eigenvalue weighted by Crippen LogP contribution is -2.03. The summed E-state index contributed by atoms with van der Waals surface area (Å²) in [7, 11) is -1.07. The molecule has 1 aromatic carbocycles. The summed E-state index contributed by atoms with van der Waals surface area (Å²) in [5, 5.41) is 2.96. The predicted molar refractivity (Wildman–Crippen MR) is 80.1 cm³/mol. The molecule has 0 aliphatic carbocycles. The van der Waals surface area contributed by atoms with Gasteiger partial charge in [0.05, 0.1) is 16.5 Å². The van der Waals surface area contributed by atoms with E-state index in [2.05, 4.69) is 9.72 Å². The van der Waals surface area contributed by atoms with E-state index in [0.717, 1.165) is 22.7 Å². The van der Waals surface area contributed by atoms with Gasteiger partial charge in [-0.05, 0) is 24.1 Å². The van der Waals surface area contributed by atoms with E-state index in [9.17, 15) is 13.0 Å². The SMILES string of the molecule is CCc1nc(CS(=O)Cc2ccc(OC(F)F)cc2)cs1. The van der Waals surface area contributed by atoms with Gasteiger partial charge in [-0.25, -0.2) is 4.98 Å². The summed E-state index contributed by atoms with van der Waals surface area (Å²) in [5.74, 6) is 0.881. The Balaban J connectivity index is 1.90. The lowest BCUT2D eigenvalue weighted by Gasteiger charge is -2.05. The quantitative estimate of drug-likeness (QED) is 0.775. The summed E-state index contributed by atoms with van der Waals surface area (Å²) in [6.07, 6.45) is 0.878. The highest BCUT2D eigenvalue weighted by molar-refractivity contribution is 7.83. The number of alkyl halides is 2. The molecule has 3 nitrogen and oxygen atoms in total. The number of aryl methyl sites for hydroxylation is 1. The van der Waals surface area contributed by atoms with Crippen LogP contribution in [0.15, 0.2) is 29.6 Å². The van der Waals surface area contributed by atoms with E-state index in [4.69, 9.17) is 0 Å². The van der Waals surface area contributed by atoms with Crippen molar-refractivity contribution < 1.29 is 17.7 Å². The Kier molecular flexibility index (Phi) is 5.81. The molecule has 7 heteroatoms. The first-order valence-electron chi connectivity index (χ1n) is 6.39. The molecule has 0 fully saturated rings. The van der Waals surface area contributed by atoms with E-state index in [1.807, 2.05) is 12.3 Å². The average molecular weight is 331 g/mol. The Morgan fingerprint density at radius 2 is 2.00 bits per heavy atom. The fourth-order valence-corrected chi connectivity index (χ4v) is 3.74. The van der Waals surface area contributed by atoms with Gasteiger partial charge in [-0.15, -0.1) is 11.3 Å². The van der Waals surface area contributed by atoms with Crippen molar-refractivity contribution in [1.29, 1.82) is 0 Å². The van der Waals surface area contributed by atoms with Crippen LogP contribution >= 0.6 is 11.3 Å². The zero-order chi connectivity index (χ0) is 15.2. The van der Waals surface area contributed by atoms with Crippen LogP contribution < -0.4 is 4.74 Å². The van der Waals surface area contributed by atoms with E-state index < -0.39 is 17.4 Å². The summed E-state index contributed by atoms with van der Waals surface area (Å²) < 4.78 is 40.4. The molecular formula is C14H15F2NO2S2. The molecule has 2 rings (SSSR count). The summed E-state index contributed by atoms with van der Waals surface area (Å²) in [6, 6.07) is 6.20. The Morgan fingerprint density at radius 1 is 1.29 bits per heavy atom. The summed E-state index contributed by atoms with van der Waals surface area (Å²) in [6.45, 7) is -0.801. The van der Waals surface area contributed by atoms with E-state index in [1.165, 1.54) is 12.1 Å². The van der Waals surface area contributed by atoms with Gasteiger partial charge in [0.15, 0.2) is 0 Å². The molecule has 2 aromatic rings. The molecule has 1 aromatic heterocycles. The number of hydrogen-bond acceptors (Lipinski definition) is 4. The molecule has 0 radical (unpaired) electrons. The first kappa shape index (κ1) is 16.0. The van der Waals surface area contributed by atoms with Crippen LogP contribution in [0.2, 0.25) is 0 Å². The molecule has 0 N–H and O–H groups in total. The minimum Gasteiger partial charge on any atom is -0.435 e. The van der Waals surface area contributed by atoms with E-state index in [0.29, 0.717) is 11.5 Å². The number of rotatable bonds is 7. The van der Waals surface area contributed by atoms with Crippen molar-refractivity contribution in [3.8, 4) is 5.75 Å². The largest absolute Gasteiger partial charge is 0.435 e. The van der Waals surface area contributed by atoms with Gasteiger partial charge in [0, 0.05) is 21.9 Å². The van der Waals surface area contributed by atoms with Crippen LogP contribution in [-0.4, -0.2) is 15.8 Å². The smallest absolute Gasteiger partial charge is 0.387 e. The van der Waals surface area contributed by atoms with Gasteiger partial charge in [-0.1, -0.05) is 19.1 Å². The van der Waals surface area contributed by atoms with Crippen molar-refractivity contribution in [1.82, 2.24) is 4.98 Å². The van der Waals surface area contributed by atoms with Crippen molar-refractivity contribution in [2.24, 2.45) is 0 Å². The molecule has 114 valence electrons. The highest BCUT2D eigenvalue weighted by Gasteiger charge is 2.08. The van der Waals surface area contributed by atoms with Gasteiger partial charge in [-0.2, -0.15) is 8.78 Å². The minimum atomic E-state index is -2.83. The second kappa shape index (κ2) is 7.61. The zero-order valence-corrected chi connectivity index (χ0v) is 13.1. The van der Waals surface area contributed by atoms with Crippen molar-refractivity contribution >= 4 is 22.1 Å². The number of aromatic nitrogens is 1. The predicted octanol–water partition coefficient (Wildman–Crippen LogP) is 3.76. The van der Waals surface area contributed by atoms with E-state index in [-0.39, 0.29) is 5.75 Å². The van der Waals surface area contributed by atoms with E-state index in [1.54, 1.807) is 23.5 Å². The van der Waals surface area contributed by atoms with Gasteiger partial charge in [0.1, 0.15) is 5.75 Å². The monoisotopic (exact) mass is 331 g/mol. The third kappa shape index (κ3) is 5.17. The average Bonchev–Trinajstić information content (AvgIpc) is 2.88. The first-order chi connectivity index (χ1) is 10.1. The lowest BCUT2D eigenvalue weighted by atomic mass is 10.2. The zero-order valence-electron chi connectivity index (χ0n) is 11.4. The van der Waals surface area contributed by atoms with Crippen LogP contribution in [0.3, 0.4) is 0 Å². The van der Waals surface area contributed by atoms with Crippen molar-refractivity contribution in [3.63, 3.8) is 0 Å². The van der Waals surface area contributed by atoms with Crippen LogP contribution in [0.25, 0.3) is 0 Å². The standard InChI is InChI=1S/C14H15F2NO2S2/c1-2-13-17-11(7-20-13)9-21(18)8-10-3-5-12(6-4-10)19-14(15)16/h3-7,14H,2,8-9H2,1H3. The van der Waals surface area contributed by atoms with Gasteiger partial charge in [0.25, 0.3) is 0 Å². The Bertz CT molecular complexity index is 599. The van der Waals surface area contributed by atoms with Gasteiger partial charge in [-0.3, -0.25) is 4.21 Å². The number of benzene rings is 1. The third-order valence-electron chi connectivity index (χ3n) is 2.69. The normalized spacial score (nSPS) is 12.6. The fourth-order valence-electron chi connectivity index (χ4n) is 1.75. The molecule has 1 unspecified atom stereocenters. The lowest BCUT2D eigenvalue weighted by molar-refractivity contribution is -0.0498. The molecule has 1 atom stereocenters. The molecule has 0 aliphatic heterocycles. The minimum absolute atomic E-state index is 0.103. The molecule has 21 heavy (non-hydrogen) atoms. The Hall–Kier alpha value is -1.34. The second-order valence-corrected chi connectivity index (χ2v) is 6.74. The Labute approximate surface area is 128 Å². The fraction of sp³-hybridized carbons (Fsp3) is 0.357. The number of thiazole rings is 1. The molecule has 1 heterocycles. The van der Waals surface area contributed by atoms with Crippen LogP contribution in [0, 0.1) is 0 Å². The van der Waals surface area contributed by atoms with Gasteiger partial charge in [0.2, 0.25) is 0 Å². The summed E-state index contributed by atoms with van der Waals surface area (Å²) in [5.41, 5.74) is 1.66.